The van der Waals surface area contributed by atoms with Crippen LogP contribution >= 0.6 is 23.3 Å². The lowest BCUT2D eigenvalue weighted by Gasteiger charge is -2.33. The number of rotatable bonds is 4. The molecular formula is C18H14F3N3OS2. The Hall–Kier alpha value is -2.39. The summed E-state index contributed by atoms with van der Waals surface area (Å²) >= 11 is 2.86. The fraction of sp³-hybridized carbons (Fsp3) is 0.167. The van der Waals surface area contributed by atoms with Gasteiger partial charge in [-0.1, -0.05) is 12.1 Å². The lowest BCUT2D eigenvalue weighted by Crippen LogP contribution is -2.30. The highest BCUT2D eigenvalue weighted by atomic mass is 32.2. The number of hydrogen-bond donors (Lipinski definition) is 1. The number of aromatic nitrogens is 1. The number of para-hydroxylation sites is 1. The zero-order valence-electron chi connectivity index (χ0n) is 13.9. The van der Waals surface area contributed by atoms with Crippen LogP contribution in [0.15, 0.2) is 58.9 Å². The number of alkyl halides is 3. The lowest BCUT2D eigenvalue weighted by atomic mass is 10.1. The molecule has 0 radical (unpaired) electrons. The molecule has 1 aromatic heterocycles. The Labute approximate surface area is 162 Å². The van der Waals surface area contributed by atoms with Gasteiger partial charge in [0, 0.05) is 16.5 Å². The molecular weight excluding hydrogens is 395 g/mol. The van der Waals surface area contributed by atoms with Gasteiger partial charge in [0.25, 0.3) is 0 Å². The van der Waals surface area contributed by atoms with E-state index in [1.165, 1.54) is 35.4 Å². The first-order chi connectivity index (χ1) is 13.0. The van der Waals surface area contributed by atoms with E-state index in [2.05, 4.69) is 9.71 Å². The molecule has 9 heteroatoms. The number of nitrogens with one attached hydrogen (secondary N) is 1. The van der Waals surface area contributed by atoms with Gasteiger partial charge in [-0.3, -0.25) is 0 Å². The minimum Gasteiger partial charge on any atom is -0.489 e. The van der Waals surface area contributed by atoms with E-state index in [-0.39, 0.29) is 5.69 Å². The van der Waals surface area contributed by atoms with Gasteiger partial charge in [-0.15, -0.1) is 11.3 Å². The molecule has 0 unspecified atom stereocenters. The van der Waals surface area contributed by atoms with Crippen molar-refractivity contribution in [3.63, 3.8) is 0 Å². The Morgan fingerprint density at radius 1 is 1.15 bits per heavy atom. The molecule has 4 rings (SSSR count). The van der Waals surface area contributed by atoms with E-state index >= 15 is 0 Å². The van der Waals surface area contributed by atoms with Crippen molar-refractivity contribution >= 4 is 39.8 Å². The van der Waals surface area contributed by atoms with Gasteiger partial charge < -0.3 is 14.4 Å². The number of hydrogen-bond acceptors (Lipinski definition) is 6. The predicted octanol–water partition coefficient (Wildman–Crippen LogP) is 5.81. The van der Waals surface area contributed by atoms with Crippen molar-refractivity contribution in [1.82, 2.24) is 4.98 Å². The second-order valence-corrected chi connectivity index (χ2v) is 7.46. The van der Waals surface area contributed by atoms with Gasteiger partial charge in [-0.25, -0.2) is 4.98 Å². The molecule has 4 nitrogen and oxygen atoms in total. The Bertz CT molecular complexity index is 932. The van der Waals surface area contributed by atoms with Gasteiger partial charge in [0.2, 0.25) is 0 Å². The molecule has 0 amide bonds. The molecule has 2 aromatic carbocycles. The van der Waals surface area contributed by atoms with E-state index in [1.807, 2.05) is 17.5 Å². The van der Waals surface area contributed by atoms with Crippen molar-refractivity contribution in [1.29, 1.82) is 0 Å². The molecule has 0 bridgehead atoms. The largest absolute Gasteiger partial charge is 0.489 e. The highest BCUT2D eigenvalue weighted by molar-refractivity contribution is 8.00. The standard InChI is InChI=1S/C18H14F3N3OS2/c19-18(20,21)13-3-1-2-4-14(13)24-8-9-25-16-11-12(5-6-15(16)24)27-23-17-22-7-10-26-17/h1-7,10-11H,8-9H2,(H,22,23). The van der Waals surface area contributed by atoms with Crippen molar-refractivity contribution in [3.05, 3.63) is 59.6 Å². The average molecular weight is 409 g/mol. The number of benzene rings is 2. The predicted molar refractivity (Wildman–Crippen MR) is 102 cm³/mol. The minimum atomic E-state index is -4.41. The molecule has 140 valence electrons. The zero-order valence-corrected chi connectivity index (χ0v) is 15.5. The van der Waals surface area contributed by atoms with Crippen LogP contribution in [0.4, 0.5) is 29.7 Å². The molecule has 0 aliphatic carbocycles. The molecule has 0 spiro atoms. The third-order valence-electron chi connectivity index (χ3n) is 3.98. The summed E-state index contributed by atoms with van der Waals surface area (Å²) in [4.78, 5) is 6.69. The number of fused-ring (bicyclic) bond motifs is 1. The van der Waals surface area contributed by atoms with E-state index in [1.54, 1.807) is 23.2 Å². The summed E-state index contributed by atoms with van der Waals surface area (Å²) in [5.41, 5.74) is 0.106. The zero-order chi connectivity index (χ0) is 18.9. The van der Waals surface area contributed by atoms with Gasteiger partial charge in [0.15, 0.2) is 5.13 Å². The van der Waals surface area contributed by atoms with Gasteiger partial charge >= 0.3 is 6.18 Å². The van der Waals surface area contributed by atoms with Crippen molar-refractivity contribution in [3.8, 4) is 5.75 Å². The van der Waals surface area contributed by atoms with Gasteiger partial charge in [-0.2, -0.15) is 13.2 Å². The van der Waals surface area contributed by atoms with E-state index < -0.39 is 11.7 Å². The molecule has 0 saturated carbocycles. The van der Waals surface area contributed by atoms with Crippen LogP contribution in [-0.2, 0) is 6.18 Å². The van der Waals surface area contributed by atoms with Gasteiger partial charge in [-0.05, 0) is 42.3 Å². The summed E-state index contributed by atoms with van der Waals surface area (Å²) in [6, 6.07) is 11.1. The Morgan fingerprint density at radius 2 is 2.00 bits per heavy atom. The van der Waals surface area contributed by atoms with Gasteiger partial charge in [0.1, 0.15) is 12.4 Å². The molecule has 2 heterocycles. The fourth-order valence-corrected chi connectivity index (χ4v) is 4.09. The van der Waals surface area contributed by atoms with E-state index in [0.29, 0.717) is 24.6 Å². The summed E-state index contributed by atoms with van der Waals surface area (Å²) in [6.45, 7) is 0.664. The summed E-state index contributed by atoms with van der Waals surface area (Å²) < 4.78 is 49.0. The quantitative estimate of drug-likeness (QED) is 0.550. The normalized spacial score (nSPS) is 13.8. The number of halogens is 3. The average Bonchev–Trinajstić information content (AvgIpc) is 3.18. The highest BCUT2D eigenvalue weighted by Gasteiger charge is 2.35. The molecule has 27 heavy (non-hydrogen) atoms. The second-order valence-electron chi connectivity index (χ2n) is 5.69. The van der Waals surface area contributed by atoms with E-state index in [0.717, 1.165) is 16.1 Å². The maximum atomic E-state index is 13.4. The molecule has 1 aliphatic rings. The molecule has 1 N–H and O–H groups in total. The number of thiazole rings is 1. The Morgan fingerprint density at radius 3 is 2.78 bits per heavy atom. The van der Waals surface area contributed by atoms with Crippen LogP contribution in [0.3, 0.4) is 0 Å². The Balaban J connectivity index is 1.63. The fourth-order valence-electron chi connectivity index (χ4n) is 2.84. The van der Waals surface area contributed by atoms with E-state index in [9.17, 15) is 13.2 Å². The van der Waals surface area contributed by atoms with Crippen molar-refractivity contribution in [2.75, 3.05) is 22.8 Å². The van der Waals surface area contributed by atoms with E-state index in [4.69, 9.17) is 4.74 Å². The number of nitrogens with zero attached hydrogens (tertiary/aromatic N) is 2. The topological polar surface area (TPSA) is 37.4 Å². The van der Waals surface area contributed by atoms with Crippen LogP contribution in [-0.4, -0.2) is 18.1 Å². The van der Waals surface area contributed by atoms with Crippen LogP contribution in [0.2, 0.25) is 0 Å². The SMILES string of the molecule is FC(F)(F)c1ccccc1N1CCOc2cc(SNc3nccs3)ccc21. The van der Waals surface area contributed by atoms with Crippen LogP contribution in [0.25, 0.3) is 0 Å². The first-order valence-corrected chi connectivity index (χ1v) is 9.75. The van der Waals surface area contributed by atoms with Crippen LogP contribution in [0.1, 0.15) is 5.56 Å². The number of ether oxygens (including phenoxy) is 1. The summed E-state index contributed by atoms with van der Waals surface area (Å²) in [5, 5.41) is 2.65. The molecule has 3 aromatic rings. The smallest absolute Gasteiger partial charge is 0.418 e. The summed E-state index contributed by atoms with van der Waals surface area (Å²) in [5.74, 6) is 0.559. The molecule has 0 atom stereocenters. The summed E-state index contributed by atoms with van der Waals surface area (Å²) in [7, 11) is 0. The summed E-state index contributed by atoms with van der Waals surface area (Å²) in [6.07, 6.45) is -2.71. The lowest BCUT2D eigenvalue weighted by molar-refractivity contribution is -0.137. The molecule has 1 aliphatic heterocycles. The van der Waals surface area contributed by atoms with Crippen LogP contribution < -0.4 is 14.4 Å². The molecule has 0 saturated heterocycles. The first-order valence-electron chi connectivity index (χ1n) is 8.05. The van der Waals surface area contributed by atoms with Crippen molar-refractivity contribution < 1.29 is 17.9 Å². The first kappa shape index (κ1) is 18.0. The van der Waals surface area contributed by atoms with Crippen LogP contribution in [0, 0.1) is 0 Å². The molecule has 0 fully saturated rings. The third-order valence-corrected chi connectivity index (χ3v) is 5.59. The number of anilines is 3. The highest BCUT2D eigenvalue weighted by Crippen LogP contribution is 2.43. The van der Waals surface area contributed by atoms with Crippen molar-refractivity contribution in [2.45, 2.75) is 11.1 Å². The maximum absolute atomic E-state index is 13.4. The van der Waals surface area contributed by atoms with Crippen LogP contribution in [0.5, 0.6) is 5.75 Å². The third kappa shape index (κ3) is 3.84. The Kier molecular flexibility index (Phi) is 4.88. The maximum Gasteiger partial charge on any atom is 0.418 e. The monoisotopic (exact) mass is 409 g/mol. The minimum absolute atomic E-state index is 0.135. The second kappa shape index (κ2) is 7.32. The van der Waals surface area contributed by atoms with Gasteiger partial charge in [0.05, 0.1) is 23.5 Å². The van der Waals surface area contributed by atoms with Crippen molar-refractivity contribution in [2.24, 2.45) is 0 Å².